The average molecular weight is 617 g/mol. The maximum atomic E-state index is 13.6. The van der Waals surface area contributed by atoms with Gasteiger partial charge in [-0.25, -0.2) is 16.8 Å². The van der Waals surface area contributed by atoms with Crippen molar-refractivity contribution in [2.75, 3.05) is 26.2 Å². The zero-order chi connectivity index (χ0) is 29.2. The number of hydrogen-bond acceptors (Lipinski definition) is 10. The van der Waals surface area contributed by atoms with Crippen LogP contribution in [0.5, 0.6) is 0 Å². The van der Waals surface area contributed by atoms with Crippen molar-refractivity contribution in [1.29, 1.82) is 5.26 Å². The standard InChI is InChI=1S/C26H32N8O4S3/c1-16(2)41(37,38)33-8-4-19(5-9-33)21-10-20(40(35,36)32-26(15-27)6-7-26)11-22-23(25-30-29-17(3)39-25)31-34(24(21)22)14-18-12-28-13-18/h4,10-11,16,18,28,32H,5-9,12-14H2,1-3H3. The zero-order valence-electron chi connectivity index (χ0n) is 23.1. The Morgan fingerprint density at radius 1 is 1.22 bits per heavy atom. The van der Waals surface area contributed by atoms with Gasteiger partial charge in [-0.2, -0.15) is 19.4 Å². The first-order valence-corrected chi connectivity index (χ1v) is 17.4. The van der Waals surface area contributed by atoms with E-state index in [0.29, 0.717) is 59.9 Å². The van der Waals surface area contributed by atoms with Crippen LogP contribution in [0, 0.1) is 24.2 Å². The van der Waals surface area contributed by atoms with Crippen molar-refractivity contribution in [1.82, 2.24) is 34.3 Å². The normalized spacial score (nSPS) is 19.7. The molecule has 3 aromatic rings. The minimum absolute atomic E-state index is 0.0343. The second-order valence-corrected chi connectivity index (χ2v) is 16.6. The van der Waals surface area contributed by atoms with E-state index >= 15 is 0 Å². The smallest absolute Gasteiger partial charge is 0.241 e. The molecule has 218 valence electrons. The van der Waals surface area contributed by atoms with Gasteiger partial charge in [-0.3, -0.25) is 4.68 Å². The second-order valence-electron chi connectivity index (χ2n) is 11.3. The summed E-state index contributed by atoms with van der Waals surface area (Å²) in [6.07, 6.45) is 3.22. The van der Waals surface area contributed by atoms with E-state index in [0.717, 1.165) is 29.2 Å². The molecule has 0 bridgehead atoms. The Hall–Kier alpha value is -2.74. The predicted octanol–water partition coefficient (Wildman–Crippen LogP) is 2.24. The lowest BCUT2D eigenvalue weighted by Gasteiger charge is -2.29. The minimum Gasteiger partial charge on any atom is -0.316 e. The molecule has 3 aliphatic rings. The first-order chi connectivity index (χ1) is 19.4. The molecule has 4 heterocycles. The van der Waals surface area contributed by atoms with E-state index < -0.39 is 30.8 Å². The Morgan fingerprint density at radius 3 is 2.51 bits per heavy atom. The fourth-order valence-electron chi connectivity index (χ4n) is 5.20. The topological polar surface area (TPSA) is 163 Å². The molecule has 2 fully saturated rings. The predicted molar refractivity (Wildman–Crippen MR) is 156 cm³/mol. The van der Waals surface area contributed by atoms with Crippen molar-refractivity contribution in [2.24, 2.45) is 5.92 Å². The van der Waals surface area contributed by atoms with Crippen LogP contribution in [0.15, 0.2) is 23.1 Å². The molecule has 41 heavy (non-hydrogen) atoms. The largest absolute Gasteiger partial charge is 0.316 e. The molecule has 15 heteroatoms. The summed E-state index contributed by atoms with van der Waals surface area (Å²) in [7, 11) is -7.48. The van der Waals surface area contributed by atoms with Crippen LogP contribution in [-0.4, -0.2) is 78.1 Å². The van der Waals surface area contributed by atoms with Crippen LogP contribution < -0.4 is 10.0 Å². The highest BCUT2D eigenvalue weighted by Gasteiger charge is 2.47. The van der Waals surface area contributed by atoms with Gasteiger partial charge in [-0.1, -0.05) is 17.4 Å². The van der Waals surface area contributed by atoms with Gasteiger partial charge >= 0.3 is 0 Å². The SMILES string of the molecule is Cc1nnc(-c2nn(CC3CNC3)c3c(C4=CCN(S(=O)(=O)C(C)C)CC4)cc(S(=O)(=O)NC4(C#N)CC4)cc23)s1. The summed E-state index contributed by atoms with van der Waals surface area (Å²) >= 11 is 1.39. The third-order valence-corrected chi connectivity index (χ3v) is 12.5. The summed E-state index contributed by atoms with van der Waals surface area (Å²) in [6.45, 7) is 8.04. The summed E-state index contributed by atoms with van der Waals surface area (Å²) in [5, 5.41) is 27.7. The Morgan fingerprint density at radius 2 is 1.98 bits per heavy atom. The second kappa shape index (κ2) is 10.2. The van der Waals surface area contributed by atoms with E-state index in [-0.39, 0.29) is 11.4 Å². The van der Waals surface area contributed by atoms with Gasteiger partial charge < -0.3 is 5.32 Å². The number of hydrogen-bond donors (Lipinski definition) is 2. The molecular weight excluding hydrogens is 585 g/mol. The number of aryl methyl sites for hydroxylation is 1. The lowest BCUT2D eigenvalue weighted by Crippen LogP contribution is -2.44. The summed E-state index contributed by atoms with van der Waals surface area (Å²) in [4.78, 5) is 0.0343. The molecule has 6 rings (SSSR count). The van der Waals surface area contributed by atoms with E-state index in [2.05, 4.69) is 26.3 Å². The molecule has 1 saturated carbocycles. The van der Waals surface area contributed by atoms with Gasteiger partial charge in [0.25, 0.3) is 0 Å². The average Bonchev–Trinajstić information content (AvgIpc) is 3.38. The van der Waals surface area contributed by atoms with Crippen LogP contribution in [0.1, 0.15) is 43.7 Å². The molecule has 0 spiro atoms. The summed E-state index contributed by atoms with van der Waals surface area (Å²) in [5.41, 5.74) is 1.81. The lowest BCUT2D eigenvalue weighted by molar-refractivity contribution is 0.299. The molecular formula is C26H32N8O4S3. The van der Waals surface area contributed by atoms with Gasteiger partial charge in [-0.15, -0.1) is 10.2 Å². The zero-order valence-corrected chi connectivity index (χ0v) is 25.5. The van der Waals surface area contributed by atoms with Crippen molar-refractivity contribution >= 4 is 47.9 Å². The minimum atomic E-state index is -4.05. The van der Waals surface area contributed by atoms with E-state index in [1.54, 1.807) is 26.0 Å². The summed E-state index contributed by atoms with van der Waals surface area (Å²) < 4.78 is 58.9. The van der Waals surface area contributed by atoms with Crippen LogP contribution >= 0.6 is 11.3 Å². The third-order valence-electron chi connectivity index (χ3n) is 7.92. The van der Waals surface area contributed by atoms with E-state index in [9.17, 15) is 22.1 Å². The molecule has 0 amide bonds. The van der Waals surface area contributed by atoms with Crippen LogP contribution in [0.4, 0.5) is 0 Å². The summed E-state index contributed by atoms with van der Waals surface area (Å²) in [6, 6.07) is 5.35. The molecule has 0 radical (unpaired) electrons. The molecule has 2 N–H and O–H groups in total. The van der Waals surface area contributed by atoms with Crippen LogP contribution in [0.25, 0.3) is 27.2 Å². The van der Waals surface area contributed by atoms with Crippen LogP contribution in [-0.2, 0) is 26.6 Å². The number of nitrogens with one attached hydrogen (secondary N) is 2. The third kappa shape index (κ3) is 5.21. The number of nitriles is 1. The Kier molecular flexibility index (Phi) is 7.07. The van der Waals surface area contributed by atoms with Crippen molar-refractivity contribution < 1.29 is 16.8 Å². The molecule has 0 unspecified atom stereocenters. The lowest BCUT2D eigenvalue weighted by atomic mass is 9.97. The molecule has 2 aliphatic heterocycles. The monoisotopic (exact) mass is 616 g/mol. The van der Waals surface area contributed by atoms with E-state index in [1.165, 1.54) is 15.6 Å². The Balaban J connectivity index is 1.54. The van der Waals surface area contributed by atoms with Gasteiger partial charge in [0.05, 0.1) is 21.7 Å². The fourth-order valence-corrected chi connectivity index (χ4v) is 8.54. The quantitative estimate of drug-likeness (QED) is 0.367. The highest BCUT2D eigenvalue weighted by atomic mass is 32.2. The summed E-state index contributed by atoms with van der Waals surface area (Å²) in [5.74, 6) is 0.373. The number of benzene rings is 1. The molecule has 1 aromatic carbocycles. The fraction of sp³-hybridized carbons (Fsp3) is 0.538. The van der Waals surface area contributed by atoms with Crippen molar-refractivity contribution in [2.45, 2.75) is 62.3 Å². The van der Waals surface area contributed by atoms with E-state index in [1.807, 2.05) is 17.7 Å². The first-order valence-electron chi connectivity index (χ1n) is 13.6. The van der Waals surface area contributed by atoms with Crippen LogP contribution in [0.3, 0.4) is 0 Å². The highest BCUT2D eigenvalue weighted by molar-refractivity contribution is 7.90. The number of rotatable bonds is 9. The number of fused-ring (bicyclic) bond motifs is 1. The molecule has 0 atom stereocenters. The van der Waals surface area contributed by atoms with Crippen molar-refractivity contribution in [3.05, 3.63) is 28.8 Å². The molecule has 2 aromatic heterocycles. The van der Waals surface area contributed by atoms with Crippen molar-refractivity contribution in [3.63, 3.8) is 0 Å². The first kappa shape index (κ1) is 28.4. The van der Waals surface area contributed by atoms with E-state index in [4.69, 9.17) is 5.10 Å². The highest BCUT2D eigenvalue weighted by Crippen LogP contribution is 2.40. The van der Waals surface area contributed by atoms with Gasteiger partial charge in [0, 0.05) is 49.6 Å². The molecule has 1 aliphatic carbocycles. The van der Waals surface area contributed by atoms with Gasteiger partial charge in [-0.05, 0) is 57.7 Å². The number of aromatic nitrogens is 4. The Labute approximate surface area is 243 Å². The van der Waals surface area contributed by atoms with Gasteiger partial charge in [0.15, 0.2) is 5.01 Å². The maximum absolute atomic E-state index is 13.6. The van der Waals surface area contributed by atoms with Crippen molar-refractivity contribution in [3.8, 4) is 16.8 Å². The van der Waals surface area contributed by atoms with Gasteiger partial charge in [0.2, 0.25) is 20.0 Å². The Bertz CT molecular complexity index is 1810. The van der Waals surface area contributed by atoms with Crippen LogP contribution in [0.2, 0.25) is 0 Å². The number of nitrogens with zero attached hydrogens (tertiary/aromatic N) is 6. The van der Waals surface area contributed by atoms with Gasteiger partial charge in [0.1, 0.15) is 16.2 Å². The number of sulfonamides is 2. The molecule has 1 saturated heterocycles. The maximum Gasteiger partial charge on any atom is 0.241 e. The molecule has 12 nitrogen and oxygen atoms in total.